The highest BCUT2D eigenvalue weighted by Gasteiger charge is 2.55. The van der Waals surface area contributed by atoms with Gasteiger partial charge in [0.05, 0.1) is 34.5 Å². The van der Waals surface area contributed by atoms with Gasteiger partial charge in [-0.25, -0.2) is 18.2 Å². The zero-order valence-electron chi connectivity index (χ0n) is 20.2. The molecule has 4 bridgehead atoms. The third kappa shape index (κ3) is 4.47. The quantitative estimate of drug-likeness (QED) is 0.547. The van der Waals surface area contributed by atoms with Crippen LogP contribution in [-0.2, 0) is 16.4 Å². The van der Waals surface area contributed by atoms with Crippen LogP contribution in [0.2, 0.25) is 0 Å². The van der Waals surface area contributed by atoms with E-state index in [0.29, 0.717) is 36.4 Å². The number of rotatable bonds is 5. The Balaban J connectivity index is 1.05. The highest BCUT2D eigenvalue weighted by molar-refractivity contribution is 7.91. The molecular formula is C25H33N5O5S. The van der Waals surface area contributed by atoms with Crippen LogP contribution in [0.15, 0.2) is 24.5 Å². The maximum absolute atomic E-state index is 13.1. The zero-order chi connectivity index (χ0) is 25.1. The zero-order valence-corrected chi connectivity index (χ0v) is 21.0. The minimum Gasteiger partial charge on any atom is -0.390 e. The molecule has 3 N–H and O–H groups in total. The van der Waals surface area contributed by atoms with Crippen LogP contribution in [-0.4, -0.2) is 82.7 Å². The van der Waals surface area contributed by atoms with Crippen LogP contribution < -0.4 is 10.6 Å². The normalized spacial score (nSPS) is 32.5. The smallest absolute Gasteiger partial charge is 0.317 e. The highest BCUT2D eigenvalue weighted by Crippen LogP contribution is 2.55. The van der Waals surface area contributed by atoms with Crippen LogP contribution in [0.1, 0.15) is 42.5 Å². The van der Waals surface area contributed by atoms with E-state index in [1.807, 2.05) is 16.7 Å². The van der Waals surface area contributed by atoms with E-state index in [1.165, 1.54) is 4.90 Å². The van der Waals surface area contributed by atoms with Crippen LogP contribution in [0, 0.1) is 17.8 Å². The number of urea groups is 1. The van der Waals surface area contributed by atoms with Gasteiger partial charge in [-0.15, -0.1) is 0 Å². The van der Waals surface area contributed by atoms with E-state index < -0.39 is 15.4 Å². The van der Waals surface area contributed by atoms with E-state index in [-0.39, 0.29) is 42.6 Å². The van der Waals surface area contributed by atoms with Crippen molar-refractivity contribution in [2.45, 2.75) is 50.3 Å². The molecule has 4 aliphatic carbocycles. The van der Waals surface area contributed by atoms with Gasteiger partial charge in [-0.1, -0.05) is 0 Å². The molecule has 0 radical (unpaired) electrons. The first kappa shape index (κ1) is 23.7. The van der Waals surface area contributed by atoms with Gasteiger partial charge in [-0.2, -0.15) is 0 Å². The molecule has 4 saturated carbocycles. The van der Waals surface area contributed by atoms with Gasteiger partial charge in [-0.05, 0) is 68.1 Å². The van der Waals surface area contributed by atoms with Crippen molar-refractivity contribution < 1.29 is 23.1 Å². The molecule has 10 nitrogen and oxygen atoms in total. The lowest BCUT2D eigenvalue weighted by Crippen LogP contribution is -2.61. The van der Waals surface area contributed by atoms with Gasteiger partial charge in [0.2, 0.25) is 0 Å². The fourth-order valence-electron chi connectivity index (χ4n) is 7.15. The Bertz CT molecular complexity index is 1280. The van der Waals surface area contributed by atoms with Crippen molar-refractivity contribution in [1.29, 1.82) is 0 Å². The summed E-state index contributed by atoms with van der Waals surface area (Å²) in [7, 11) is -3.03. The first-order valence-electron chi connectivity index (χ1n) is 12.9. The maximum atomic E-state index is 13.1. The molecular weight excluding hydrogens is 482 g/mol. The van der Waals surface area contributed by atoms with Crippen molar-refractivity contribution in [2.24, 2.45) is 17.8 Å². The topological polar surface area (TPSA) is 134 Å². The summed E-state index contributed by atoms with van der Waals surface area (Å²) in [4.78, 5) is 31.4. The standard InChI is InChI=1S/C25H33N5O5S/c31-23(28-22-18-9-16-10-19(22)14-25(33,12-16)13-18)17-1-2-21-20(11-17)27-15-30(21)4-3-26-24(32)29-5-7-36(34,35)8-6-29/h1-2,11,15-16,18-19,22,33H,3-10,12-14H2,(H,26,32)(H,28,31). The molecule has 36 heavy (non-hydrogen) atoms. The average Bonchev–Trinajstić information content (AvgIpc) is 3.22. The summed E-state index contributed by atoms with van der Waals surface area (Å²) in [6.07, 6.45) is 6.40. The molecule has 1 saturated heterocycles. The van der Waals surface area contributed by atoms with Gasteiger partial charge in [0, 0.05) is 37.8 Å². The third-order valence-electron chi connectivity index (χ3n) is 8.68. The van der Waals surface area contributed by atoms with Crippen LogP contribution in [0.3, 0.4) is 0 Å². The molecule has 194 valence electrons. The Labute approximate surface area is 210 Å². The molecule has 2 unspecified atom stereocenters. The number of aliphatic hydroxyl groups is 1. The Morgan fingerprint density at radius 2 is 1.83 bits per heavy atom. The van der Waals surface area contributed by atoms with Gasteiger partial charge in [0.15, 0.2) is 9.84 Å². The largest absolute Gasteiger partial charge is 0.390 e. The average molecular weight is 516 g/mol. The second-order valence-corrected chi connectivity index (χ2v) is 13.5. The first-order valence-corrected chi connectivity index (χ1v) is 14.7. The number of fused-ring (bicyclic) bond motifs is 1. The van der Waals surface area contributed by atoms with Crippen molar-refractivity contribution >= 4 is 32.8 Å². The molecule has 1 aliphatic heterocycles. The molecule has 2 heterocycles. The monoisotopic (exact) mass is 515 g/mol. The Morgan fingerprint density at radius 1 is 1.11 bits per heavy atom. The number of amides is 3. The predicted octanol–water partition coefficient (Wildman–Crippen LogP) is 1.15. The third-order valence-corrected chi connectivity index (χ3v) is 10.3. The van der Waals surface area contributed by atoms with Crippen molar-refractivity contribution in [2.75, 3.05) is 31.1 Å². The highest BCUT2D eigenvalue weighted by atomic mass is 32.2. The predicted molar refractivity (Wildman–Crippen MR) is 133 cm³/mol. The molecule has 1 aromatic carbocycles. The van der Waals surface area contributed by atoms with Gasteiger partial charge < -0.3 is 25.2 Å². The van der Waals surface area contributed by atoms with Gasteiger partial charge in [0.25, 0.3) is 5.91 Å². The Kier molecular flexibility index (Phi) is 5.75. The number of hydrogen-bond donors (Lipinski definition) is 3. The summed E-state index contributed by atoms with van der Waals surface area (Å²) in [5.74, 6) is 1.24. The second-order valence-electron chi connectivity index (χ2n) is 11.2. The van der Waals surface area contributed by atoms with Crippen LogP contribution >= 0.6 is 0 Å². The number of aromatic nitrogens is 2. The van der Waals surface area contributed by atoms with E-state index in [4.69, 9.17) is 0 Å². The lowest BCUT2D eigenvalue weighted by molar-refractivity contribution is -0.136. The number of nitrogens with zero attached hydrogens (tertiary/aromatic N) is 3. The molecule has 11 heteroatoms. The molecule has 1 aromatic heterocycles. The summed E-state index contributed by atoms with van der Waals surface area (Å²) in [5, 5.41) is 16.9. The summed E-state index contributed by atoms with van der Waals surface area (Å²) in [5.41, 5.74) is 1.65. The molecule has 2 atom stereocenters. The fraction of sp³-hybridized carbons (Fsp3) is 0.640. The number of nitrogens with one attached hydrogen (secondary N) is 2. The van der Waals surface area contributed by atoms with E-state index in [0.717, 1.165) is 43.1 Å². The van der Waals surface area contributed by atoms with Crippen LogP contribution in [0.5, 0.6) is 0 Å². The molecule has 3 amide bonds. The van der Waals surface area contributed by atoms with Gasteiger partial charge in [-0.3, -0.25) is 4.79 Å². The van der Waals surface area contributed by atoms with E-state index >= 15 is 0 Å². The summed E-state index contributed by atoms with van der Waals surface area (Å²) in [6.45, 7) is 1.33. The number of carbonyl (C=O) groups is 2. The fourth-order valence-corrected chi connectivity index (χ4v) is 8.35. The Hall–Kier alpha value is -2.66. The lowest BCUT2D eigenvalue weighted by atomic mass is 9.52. The number of sulfone groups is 1. The maximum Gasteiger partial charge on any atom is 0.317 e. The summed E-state index contributed by atoms with van der Waals surface area (Å²) >= 11 is 0. The van der Waals surface area contributed by atoms with Crippen LogP contribution in [0.25, 0.3) is 11.0 Å². The van der Waals surface area contributed by atoms with Crippen molar-refractivity contribution in [1.82, 2.24) is 25.1 Å². The number of imidazole rings is 1. The van der Waals surface area contributed by atoms with Gasteiger partial charge in [0.1, 0.15) is 0 Å². The molecule has 7 rings (SSSR count). The number of carbonyl (C=O) groups excluding carboxylic acids is 2. The SMILES string of the molecule is O=C(NC1C2CC3CC1CC(O)(C3)C2)c1ccc2c(c1)ncn2CCNC(=O)N1CCS(=O)(=O)CC1. The second kappa shape index (κ2) is 8.72. The Morgan fingerprint density at radius 3 is 2.53 bits per heavy atom. The van der Waals surface area contributed by atoms with E-state index in [2.05, 4.69) is 15.6 Å². The van der Waals surface area contributed by atoms with Crippen molar-refractivity contribution in [3.05, 3.63) is 30.1 Å². The number of benzene rings is 1. The minimum atomic E-state index is -3.03. The van der Waals surface area contributed by atoms with Crippen molar-refractivity contribution in [3.8, 4) is 0 Å². The van der Waals surface area contributed by atoms with Crippen LogP contribution in [0.4, 0.5) is 4.79 Å². The molecule has 5 fully saturated rings. The summed E-state index contributed by atoms with van der Waals surface area (Å²) < 4.78 is 25.0. The lowest BCUT2D eigenvalue weighted by Gasteiger charge is -2.58. The van der Waals surface area contributed by atoms with E-state index in [1.54, 1.807) is 12.4 Å². The minimum absolute atomic E-state index is 0.00722. The van der Waals surface area contributed by atoms with Gasteiger partial charge >= 0.3 is 6.03 Å². The molecule has 5 aliphatic rings. The van der Waals surface area contributed by atoms with Crippen molar-refractivity contribution in [3.63, 3.8) is 0 Å². The molecule has 0 spiro atoms. The number of hydrogen-bond acceptors (Lipinski definition) is 6. The van der Waals surface area contributed by atoms with E-state index in [9.17, 15) is 23.1 Å². The summed E-state index contributed by atoms with van der Waals surface area (Å²) in [6, 6.07) is 5.37. The molecule has 2 aromatic rings. The first-order chi connectivity index (χ1) is 17.2.